The van der Waals surface area contributed by atoms with Crippen molar-refractivity contribution in [3.8, 4) is 0 Å². The molecule has 1 aliphatic rings. The van der Waals surface area contributed by atoms with Crippen molar-refractivity contribution in [2.45, 2.75) is 62.1 Å². The van der Waals surface area contributed by atoms with Gasteiger partial charge in [0.05, 0.1) is 11.8 Å². The zero-order valence-corrected chi connectivity index (χ0v) is 33.3. The fourth-order valence-electron chi connectivity index (χ4n) is 4.73. The van der Waals surface area contributed by atoms with Crippen molar-refractivity contribution in [3.63, 3.8) is 0 Å². The van der Waals surface area contributed by atoms with Crippen molar-refractivity contribution in [3.05, 3.63) is 24.3 Å². The maximum Gasteiger partial charge on any atom is 1.00 e. The number of amides is 2. The second-order valence-electron chi connectivity index (χ2n) is 9.72. The molecule has 0 heterocycles. The second kappa shape index (κ2) is 18.9. The Morgan fingerprint density at radius 3 is 1.90 bits per heavy atom. The molecule has 1 aromatic rings. The van der Waals surface area contributed by atoms with E-state index < -0.39 is 44.2 Å². The Labute approximate surface area is 321 Å². The van der Waals surface area contributed by atoms with Gasteiger partial charge in [0.1, 0.15) is 24.8 Å². The van der Waals surface area contributed by atoms with Crippen LogP contribution in [0.25, 0.3) is 0 Å². The van der Waals surface area contributed by atoms with Gasteiger partial charge in [-0.1, -0.05) is 12.8 Å². The second-order valence-corrected chi connectivity index (χ2v) is 14.5. The number of benzene rings is 1. The van der Waals surface area contributed by atoms with E-state index >= 15 is 0 Å². The molecule has 0 aromatic heterocycles. The van der Waals surface area contributed by atoms with Gasteiger partial charge in [-0.05, 0) is 38.3 Å². The van der Waals surface area contributed by atoms with Gasteiger partial charge in [0.2, 0.25) is 5.91 Å². The summed E-state index contributed by atoms with van der Waals surface area (Å²) in [5.74, 6) is 0.0805. The summed E-state index contributed by atoms with van der Waals surface area (Å²) in [4.78, 5) is 62.7. The normalized spacial score (nSPS) is 15.9. The van der Waals surface area contributed by atoms with Crippen LogP contribution in [-0.2, 0) is 18.7 Å². The van der Waals surface area contributed by atoms with E-state index in [0.717, 1.165) is 6.41 Å². The number of carbonyl (C=O) groups excluding carboxylic acids is 2. The molecule has 1 fully saturated rings. The Morgan fingerprint density at radius 2 is 1.51 bits per heavy atom. The number of aliphatic hydroxyl groups is 1. The maximum atomic E-state index is 13.0. The summed E-state index contributed by atoms with van der Waals surface area (Å²) < 4.78 is 23.4. The third kappa shape index (κ3) is 11.6. The molecule has 2 amide bonds. The molecule has 2 rings (SSSR count). The fourth-order valence-corrected chi connectivity index (χ4v) is 7.50. The number of nitrogens with one attached hydrogen (secondary N) is 2. The molecule has 0 spiro atoms. The van der Waals surface area contributed by atoms with Gasteiger partial charge in [-0.3, -0.25) is 13.9 Å². The predicted octanol–water partition coefficient (Wildman–Crippen LogP) is -6.01. The Kier molecular flexibility index (Phi) is 20.8. The fraction of sp³-hybridized carbons (Fsp3) is 0.636. The summed E-state index contributed by atoms with van der Waals surface area (Å²) in [6, 6.07) is 6.15. The maximum absolute atomic E-state index is 13.0. The zero-order valence-electron chi connectivity index (χ0n) is 27.0. The van der Waals surface area contributed by atoms with E-state index in [2.05, 4.69) is 10.6 Å². The van der Waals surface area contributed by atoms with Crippen LogP contribution in [-0.4, -0.2) is 78.5 Å². The first kappa shape index (κ1) is 45.1. The first-order chi connectivity index (χ1) is 17.6. The Morgan fingerprint density at radius 1 is 1.05 bits per heavy atom. The predicted molar refractivity (Wildman–Crippen MR) is 150 cm³/mol. The molecule has 7 N–H and O–H groups in total. The van der Waals surface area contributed by atoms with E-state index in [1.807, 2.05) is 0 Å². The minimum Gasteiger partial charge on any atom is -1.00 e. The van der Waals surface area contributed by atoms with Crippen molar-refractivity contribution < 1.29 is 136 Å². The van der Waals surface area contributed by atoms with E-state index in [4.69, 9.17) is 23.2 Å². The van der Waals surface area contributed by atoms with E-state index in [9.17, 15) is 43.4 Å². The monoisotopic (exact) mass is 690 g/mol. The molecule has 0 saturated heterocycles. The average Bonchev–Trinajstić information content (AvgIpc) is 3.29. The van der Waals surface area contributed by atoms with Crippen molar-refractivity contribution >= 4 is 62.1 Å². The van der Waals surface area contributed by atoms with E-state index in [1.54, 1.807) is 31.2 Å². The molecule has 1 saturated carbocycles. The van der Waals surface area contributed by atoms with E-state index in [1.165, 1.54) is 0 Å². The SMILES string of the molecule is C[C@H](Nc1ccc([N+](C=O)(CCCl)CCCl)cc1)C(=O)NC1(CCC(O)(P(=O)(O)O)P(=O)(O)O)CCCC1.[H-].[H-].[H-].[Na+].[Na+].[Na+]. The zero-order chi connectivity index (χ0) is 28.8. The molecule has 1 atom stereocenters. The van der Waals surface area contributed by atoms with Crippen LogP contribution >= 0.6 is 38.4 Å². The molecule has 0 aliphatic heterocycles. The smallest absolute Gasteiger partial charge is 1.00 e. The number of hydrogen-bond donors (Lipinski definition) is 7. The molecule has 222 valence electrons. The number of nitrogens with zero attached hydrogens (tertiary/aromatic N) is 1. The van der Waals surface area contributed by atoms with Crippen molar-refractivity contribution in [1.82, 2.24) is 9.80 Å². The third-order valence-electron chi connectivity index (χ3n) is 7.15. The van der Waals surface area contributed by atoms with Gasteiger partial charge >= 0.3 is 110 Å². The third-order valence-corrected chi connectivity index (χ3v) is 11.4. The molecule has 19 heteroatoms. The topological polar surface area (TPSA) is 193 Å². The van der Waals surface area contributed by atoms with Crippen LogP contribution in [0.3, 0.4) is 0 Å². The molecule has 1 aromatic carbocycles. The largest absolute Gasteiger partial charge is 1.00 e. The first-order valence-electron chi connectivity index (χ1n) is 12.1. The summed E-state index contributed by atoms with van der Waals surface area (Å²) in [5.41, 5.74) is 0.297. The van der Waals surface area contributed by atoms with Gasteiger partial charge < -0.3 is 39.6 Å². The number of anilines is 1. The summed E-state index contributed by atoms with van der Waals surface area (Å²) in [5, 5.41) is 12.7. The number of quaternary nitrogens is 1. The van der Waals surface area contributed by atoms with Gasteiger partial charge in [0, 0.05) is 29.8 Å². The Balaban J connectivity index is -0.000000845. The van der Waals surface area contributed by atoms with Crippen molar-refractivity contribution in [2.24, 2.45) is 0 Å². The quantitative estimate of drug-likeness (QED) is 0.0306. The summed E-state index contributed by atoms with van der Waals surface area (Å²) in [7, 11) is -11.2. The van der Waals surface area contributed by atoms with Crippen LogP contribution in [0.15, 0.2) is 24.3 Å². The van der Waals surface area contributed by atoms with E-state index in [0.29, 0.717) is 50.1 Å². The van der Waals surface area contributed by atoms with Crippen LogP contribution in [0.1, 0.15) is 49.7 Å². The molecule has 0 bridgehead atoms. The van der Waals surface area contributed by atoms with Gasteiger partial charge in [0.25, 0.3) is 5.08 Å². The minimum atomic E-state index is -5.59. The number of hydrogen-bond acceptors (Lipinski definition) is 6. The molecule has 0 radical (unpaired) electrons. The van der Waals surface area contributed by atoms with Gasteiger partial charge in [-0.15, -0.1) is 23.2 Å². The van der Waals surface area contributed by atoms with E-state index in [-0.39, 0.29) is 116 Å². The van der Waals surface area contributed by atoms with Gasteiger partial charge in [-0.2, -0.15) is 0 Å². The Hall–Kier alpha value is 1.96. The number of alkyl halides is 2. The van der Waals surface area contributed by atoms with Gasteiger partial charge in [0.15, 0.2) is 0 Å². The molecule has 12 nitrogen and oxygen atoms in total. The summed E-state index contributed by atoms with van der Waals surface area (Å²) >= 11 is 11.8. The number of halogens is 2. The number of rotatable bonds is 15. The molecule has 41 heavy (non-hydrogen) atoms. The van der Waals surface area contributed by atoms with Crippen LogP contribution in [0, 0.1) is 0 Å². The minimum absolute atomic E-state index is 0. The van der Waals surface area contributed by atoms with Gasteiger partial charge in [-0.25, -0.2) is 9.28 Å². The molecular formula is C22H39Cl2N3Na3O9P2+. The van der Waals surface area contributed by atoms with Crippen LogP contribution < -0.4 is 104 Å². The van der Waals surface area contributed by atoms with Crippen molar-refractivity contribution in [1.29, 1.82) is 0 Å². The molecule has 0 unspecified atom stereocenters. The summed E-state index contributed by atoms with van der Waals surface area (Å²) in [6.07, 6.45) is 1.89. The summed E-state index contributed by atoms with van der Waals surface area (Å²) in [6.45, 7) is 2.34. The van der Waals surface area contributed by atoms with Crippen LogP contribution in [0.2, 0.25) is 0 Å². The Bertz CT molecular complexity index is 1060. The first-order valence-corrected chi connectivity index (χ1v) is 16.4. The molecular weight excluding hydrogens is 652 g/mol. The van der Waals surface area contributed by atoms with Crippen LogP contribution in [0.5, 0.6) is 0 Å². The number of carbonyl (C=O) groups is 2. The average molecular weight is 691 g/mol. The standard InChI is InChI=1S/C22H35Cl2N3O9P2.3Na.3H/c1-17(25-18-4-6-19(7-5-18)27(16-28,14-12-23)15-13-24)20(29)26-21(8-2-3-9-21)10-11-22(30,37(31,32)33)38(34,35)36;;;;;;/h4-7,16-17,25,30H,2-3,8-15H2,1H3,(H4-,26,29,31,32,33,34,35,36);;;;;;/q;3*+1;3*-1/p+1/t17-;;;;;;/m0....../s1. The van der Waals surface area contributed by atoms with Crippen LogP contribution in [0.4, 0.5) is 11.4 Å². The molecule has 1 aliphatic carbocycles. The van der Waals surface area contributed by atoms with Crippen molar-refractivity contribution in [2.75, 3.05) is 30.2 Å².